The smallest absolute Gasteiger partial charge is 0.189 e. The Morgan fingerprint density at radius 3 is 2.47 bits per heavy atom. The highest BCUT2D eigenvalue weighted by Gasteiger charge is 1.98. The Kier molecular flexibility index (Phi) is 4.93. The molecule has 1 rings (SSSR count). The third-order valence-corrected chi connectivity index (χ3v) is 2.07. The van der Waals surface area contributed by atoms with Crippen LogP contribution in [0.25, 0.3) is 0 Å². The van der Waals surface area contributed by atoms with Gasteiger partial charge in [0.05, 0.1) is 5.69 Å². The second kappa shape index (κ2) is 6.27. The van der Waals surface area contributed by atoms with Gasteiger partial charge in [-0.3, -0.25) is 0 Å². The molecule has 0 spiro atoms. The van der Waals surface area contributed by atoms with Crippen molar-refractivity contribution in [2.75, 3.05) is 32.5 Å². The van der Waals surface area contributed by atoms with E-state index in [-0.39, 0.29) is 0 Å². The fourth-order valence-electron chi connectivity index (χ4n) is 1.09. The fourth-order valence-corrected chi connectivity index (χ4v) is 1.09. The summed E-state index contributed by atoms with van der Waals surface area (Å²) in [5.41, 5.74) is 4.11. The number of nitrogens with zero attached hydrogens (tertiary/aromatic N) is 1. The molecule has 0 radical (unpaired) electrons. The molecule has 0 amide bonds. The van der Waals surface area contributed by atoms with Crippen molar-refractivity contribution >= 4 is 5.69 Å². The fraction of sp³-hybridized carbons (Fsp3) is 0.455. The summed E-state index contributed by atoms with van der Waals surface area (Å²) in [6.45, 7) is 2.91. The lowest BCUT2D eigenvalue weighted by Gasteiger charge is -2.17. The summed E-state index contributed by atoms with van der Waals surface area (Å²) in [6, 6.07) is 7.81. The van der Waals surface area contributed by atoms with Crippen LogP contribution in [0.5, 0.6) is 5.75 Å². The summed E-state index contributed by atoms with van der Waals surface area (Å²) >= 11 is 0. The Hall–Kier alpha value is -1.26. The van der Waals surface area contributed by atoms with E-state index in [1.54, 1.807) is 0 Å². The highest BCUT2D eigenvalue weighted by atomic mass is 16.7. The van der Waals surface area contributed by atoms with E-state index in [1.807, 2.05) is 50.3 Å². The zero-order valence-corrected chi connectivity index (χ0v) is 9.49. The zero-order chi connectivity index (χ0) is 11.1. The van der Waals surface area contributed by atoms with Crippen molar-refractivity contribution in [1.29, 1.82) is 0 Å². The van der Waals surface area contributed by atoms with Gasteiger partial charge in [-0.2, -0.15) is 0 Å². The van der Waals surface area contributed by atoms with E-state index in [4.69, 9.17) is 9.47 Å². The van der Waals surface area contributed by atoms with E-state index in [9.17, 15) is 0 Å². The molecule has 1 N–H and O–H groups in total. The first-order chi connectivity index (χ1) is 7.27. The van der Waals surface area contributed by atoms with Gasteiger partial charge >= 0.3 is 0 Å². The molecule has 0 aliphatic rings. The molecular formula is C11H18N2O2. The third kappa shape index (κ3) is 3.77. The van der Waals surface area contributed by atoms with Crippen LogP contribution in [0.2, 0.25) is 0 Å². The van der Waals surface area contributed by atoms with E-state index < -0.39 is 0 Å². The average Bonchev–Trinajstić information content (AvgIpc) is 2.29. The van der Waals surface area contributed by atoms with E-state index in [1.165, 1.54) is 0 Å². The topological polar surface area (TPSA) is 33.7 Å². The molecule has 4 nitrogen and oxygen atoms in total. The molecule has 0 heterocycles. The molecule has 84 valence electrons. The predicted octanol–water partition coefficient (Wildman–Crippen LogP) is 1.63. The van der Waals surface area contributed by atoms with Crippen molar-refractivity contribution in [3.8, 4) is 5.75 Å². The van der Waals surface area contributed by atoms with Crippen LogP contribution in [0, 0.1) is 0 Å². The van der Waals surface area contributed by atoms with Gasteiger partial charge in [-0.1, -0.05) is 0 Å². The number of anilines is 1. The van der Waals surface area contributed by atoms with Crippen molar-refractivity contribution < 1.29 is 9.47 Å². The van der Waals surface area contributed by atoms with Crippen LogP contribution in [-0.2, 0) is 4.74 Å². The maximum absolute atomic E-state index is 5.35. The number of benzene rings is 1. The van der Waals surface area contributed by atoms with Crippen molar-refractivity contribution in [3.63, 3.8) is 0 Å². The Morgan fingerprint density at radius 2 is 1.93 bits per heavy atom. The van der Waals surface area contributed by atoms with Gasteiger partial charge in [0.15, 0.2) is 6.79 Å². The van der Waals surface area contributed by atoms with Crippen molar-refractivity contribution in [2.24, 2.45) is 0 Å². The lowest BCUT2D eigenvalue weighted by atomic mass is 10.3. The molecule has 1 aromatic carbocycles. The quantitative estimate of drug-likeness (QED) is 0.439. The summed E-state index contributed by atoms with van der Waals surface area (Å²) in [6.07, 6.45) is 0. The third-order valence-electron chi connectivity index (χ3n) is 2.07. The Morgan fingerprint density at radius 1 is 1.27 bits per heavy atom. The van der Waals surface area contributed by atoms with E-state index in [0.717, 1.165) is 11.4 Å². The van der Waals surface area contributed by atoms with Crippen LogP contribution in [0.1, 0.15) is 6.92 Å². The molecule has 0 fully saturated rings. The molecule has 4 heteroatoms. The van der Waals surface area contributed by atoms with Gasteiger partial charge in [0, 0.05) is 20.7 Å². The standard InChI is InChI=1S/C11H18N2O2/c1-4-14-9-15-11-7-5-10(6-8-11)13(3)12-2/h5-8,12H,4,9H2,1-3H3. The van der Waals surface area contributed by atoms with Crippen molar-refractivity contribution in [1.82, 2.24) is 5.43 Å². The lowest BCUT2D eigenvalue weighted by Crippen LogP contribution is -2.30. The Labute approximate surface area is 90.8 Å². The van der Waals surface area contributed by atoms with Crippen molar-refractivity contribution in [3.05, 3.63) is 24.3 Å². The number of hydrogen-bond acceptors (Lipinski definition) is 4. The molecule has 15 heavy (non-hydrogen) atoms. The minimum absolute atomic E-state index is 0.303. The number of hydrogen-bond donors (Lipinski definition) is 1. The molecule has 0 saturated heterocycles. The summed E-state index contributed by atoms with van der Waals surface area (Å²) in [4.78, 5) is 0. The van der Waals surface area contributed by atoms with E-state index >= 15 is 0 Å². The molecule has 0 bridgehead atoms. The van der Waals surface area contributed by atoms with Gasteiger partial charge in [0.1, 0.15) is 5.75 Å². The number of ether oxygens (including phenoxy) is 2. The molecule has 0 aliphatic carbocycles. The van der Waals surface area contributed by atoms with Gasteiger partial charge in [-0.25, -0.2) is 5.43 Å². The Balaban J connectivity index is 2.49. The maximum atomic E-state index is 5.35. The van der Waals surface area contributed by atoms with E-state index in [2.05, 4.69) is 5.43 Å². The maximum Gasteiger partial charge on any atom is 0.189 e. The minimum Gasteiger partial charge on any atom is -0.468 e. The molecule has 1 aromatic rings. The predicted molar refractivity (Wildman–Crippen MR) is 61.0 cm³/mol. The largest absolute Gasteiger partial charge is 0.468 e. The Bertz CT molecular complexity index is 274. The monoisotopic (exact) mass is 210 g/mol. The zero-order valence-electron chi connectivity index (χ0n) is 9.49. The molecule has 0 aromatic heterocycles. The van der Waals surface area contributed by atoms with Crippen LogP contribution < -0.4 is 15.2 Å². The van der Waals surface area contributed by atoms with Gasteiger partial charge in [0.2, 0.25) is 0 Å². The summed E-state index contributed by atoms with van der Waals surface area (Å²) in [7, 11) is 3.83. The number of nitrogens with one attached hydrogen (secondary N) is 1. The van der Waals surface area contributed by atoms with Gasteiger partial charge in [0.25, 0.3) is 0 Å². The van der Waals surface area contributed by atoms with Gasteiger partial charge in [-0.15, -0.1) is 0 Å². The highest BCUT2D eigenvalue weighted by molar-refractivity contribution is 5.47. The first-order valence-corrected chi connectivity index (χ1v) is 4.99. The van der Waals surface area contributed by atoms with Crippen molar-refractivity contribution in [2.45, 2.75) is 6.92 Å². The molecule has 0 atom stereocenters. The second-order valence-electron chi connectivity index (χ2n) is 3.03. The molecule has 0 aliphatic heterocycles. The van der Waals surface area contributed by atoms with Crippen LogP contribution in [0.3, 0.4) is 0 Å². The first-order valence-electron chi connectivity index (χ1n) is 4.99. The summed E-state index contributed by atoms with van der Waals surface area (Å²) < 4.78 is 10.4. The lowest BCUT2D eigenvalue weighted by molar-refractivity contribution is 0.0224. The number of hydrazine groups is 1. The van der Waals surface area contributed by atoms with Gasteiger partial charge < -0.3 is 14.5 Å². The normalized spacial score (nSPS) is 10.1. The van der Waals surface area contributed by atoms with Crippen LogP contribution in [-0.4, -0.2) is 27.5 Å². The highest BCUT2D eigenvalue weighted by Crippen LogP contribution is 2.17. The van der Waals surface area contributed by atoms with Gasteiger partial charge in [-0.05, 0) is 31.2 Å². The molecule has 0 saturated carbocycles. The van der Waals surface area contributed by atoms with E-state index in [0.29, 0.717) is 13.4 Å². The SMILES string of the molecule is CCOCOc1ccc(N(C)NC)cc1. The minimum atomic E-state index is 0.303. The second-order valence-corrected chi connectivity index (χ2v) is 3.03. The molecular weight excluding hydrogens is 192 g/mol. The van der Waals surface area contributed by atoms with Crippen LogP contribution in [0.15, 0.2) is 24.3 Å². The van der Waals surface area contributed by atoms with Crippen LogP contribution >= 0.6 is 0 Å². The first kappa shape index (κ1) is 11.8. The summed E-state index contributed by atoms with van der Waals surface area (Å²) in [5.74, 6) is 0.816. The average molecular weight is 210 g/mol. The summed E-state index contributed by atoms with van der Waals surface area (Å²) in [5, 5.41) is 1.92. The van der Waals surface area contributed by atoms with Crippen LogP contribution in [0.4, 0.5) is 5.69 Å². The number of rotatable bonds is 6. The molecule has 0 unspecified atom stereocenters.